The van der Waals surface area contributed by atoms with Crippen molar-refractivity contribution in [1.29, 1.82) is 0 Å². The minimum Gasteiger partial charge on any atom is -0.372 e. The summed E-state index contributed by atoms with van der Waals surface area (Å²) in [4.78, 5) is 9.65. The van der Waals surface area contributed by atoms with Crippen LogP contribution in [0.15, 0.2) is 54.7 Å². The Bertz CT molecular complexity index is 1180. The van der Waals surface area contributed by atoms with Crippen LogP contribution < -0.4 is 10.2 Å². The van der Waals surface area contributed by atoms with Crippen molar-refractivity contribution in [3.63, 3.8) is 0 Å². The van der Waals surface area contributed by atoms with Crippen LogP contribution in [0.1, 0.15) is 80.7 Å². The number of hydrogen-bond donors (Lipinski definition) is 1. The zero-order valence-electron chi connectivity index (χ0n) is 22.1. The van der Waals surface area contributed by atoms with E-state index in [0.717, 1.165) is 23.9 Å². The maximum Gasteiger partial charge on any atom is 0.170 e. The maximum atomic E-state index is 5.99. The molecule has 1 N–H and O–H groups in total. The van der Waals surface area contributed by atoms with Crippen LogP contribution in [-0.2, 0) is 0 Å². The first-order valence-corrected chi connectivity index (χ1v) is 14.0. The largest absolute Gasteiger partial charge is 0.372 e. The third-order valence-electron chi connectivity index (χ3n) is 8.13. The summed E-state index contributed by atoms with van der Waals surface area (Å²) in [6, 6.07) is 18.2. The molecule has 2 fully saturated rings. The maximum absolute atomic E-state index is 5.99. The zero-order chi connectivity index (χ0) is 25.2. The summed E-state index contributed by atoms with van der Waals surface area (Å²) in [6.07, 6.45) is 8.20. The Kier molecular flexibility index (Phi) is 7.33. The molecule has 5 rings (SSSR count). The minimum absolute atomic E-state index is 0.0413. The first-order valence-electron chi connectivity index (χ1n) is 13.6. The van der Waals surface area contributed by atoms with E-state index in [-0.39, 0.29) is 12.1 Å². The molecular weight excluding hydrogens is 462 g/mol. The van der Waals surface area contributed by atoms with Gasteiger partial charge < -0.3 is 19.7 Å². The van der Waals surface area contributed by atoms with E-state index >= 15 is 0 Å². The molecule has 0 bridgehead atoms. The molecule has 3 heterocycles. The van der Waals surface area contributed by atoms with Gasteiger partial charge in [0.1, 0.15) is 0 Å². The van der Waals surface area contributed by atoms with Gasteiger partial charge in [-0.25, -0.2) is 0 Å². The lowest BCUT2D eigenvalue weighted by atomic mass is 9.90. The number of rotatable bonds is 7. The normalized spacial score (nSPS) is 20.6. The van der Waals surface area contributed by atoms with E-state index in [1.54, 1.807) is 0 Å². The van der Waals surface area contributed by atoms with Crippen molar-refractivity contribution in [2.24, 2.45) is 0 Å². The molecule has 3 aromatic rings. The second-order valence-corrected chi connectivity index (χ2v) is 10.6. The van der Waals surface area contributed by atoms with Crippen molar-refractivity contribution < 1.29 is 0 Å². The van der Waals surface area contributed by atoms with Crippen LogP contribution in [0.25, 0.3) is 5.69 Å². The third kappa shape index (κ3) is 4.52. The van der Waals surface area contributed by atoms with Crippen molar-refractivity contribution in [3.05, 3.63) is 77.4 Å². The van der Waals surface area contributed by atoms with Crippen LogP contribution in [0, 0.1) is 13.8 Å². The molecular formula is C30H39N5S. The summed E-state index contributed by atoms with van der Waals surface area (Å²) in [5.41, 5.74) is 7.40. The van der Waals surface area contributed by atoms with E-state index in [1.807, 2.05) is 12.3 Å². The average Bonchev–Trinajstić information content (AvgIpc) is 3.41. The molecule has 1 saturated heterocycles. The van der Waals surface area contributed by atoms with Gasteiger partial charge in [-0.1, -0.05) is 25.3 Å². The van der Waals surface area contributed by atoms with Gasteiger partial charge in [-0.2, -0.15) is 0 Å². The van der Waals surface area contributed by atoms with Crippen LogP contribution in [0.3, 0.4) is 0 Å². The molecule has 6 heteroatoms. The van der Waals surface area contributed by atoms with E-state index in [4.69, 9.17) is 17.2 Å². The Morgan fingerprint density at radius 3 is 2.36 bits per heavy atom. The highest BCUT2D eigenvalue weighted by molar-refractivity contribution is 7.80. The first kappa shape index (κ1) is 24.8. The smallest absolute Gasteiger partial charge is 0.170 e. The summed E-state index contributed by atoms with van der Waals surface area (Å²) >= 11 is 5.99. The van der Waals surface area contributed by atoms with Gasteiger partial charge in [0.25, 0.3) is 0 Å². The van der Waals surface area contributed by atoms with E-state index in [2.05, 4.69) is 89.8 Å². The third-order valence-corrected chi connectivity index (χ3v) is 8.46. The van der Waals surface area contributed by atoms with Crippen LogP contribution >= 0.6 is 12.2 Å². The molecule has 1 saturated carbocycles. The van der Waals surface area contributed by atoms with Gasteiger partial charge in [0, 0.05) is 48.1 Å². The highest BCUT2D eigenvalue weighted by Gasteiger charge is 2.44. The molecule has 2 aromatic heterocycles. The number of pyridine rings is 1. The van der Waals surface area contributed by atoms with Crippen LogP contribution in [0.2, 0.25) is 0 Å². The van der Waals surface area contributed by atoms with Gasteiger partial charge in [-0.05, 0) is 101 Å². The monoisotopic (exact) mass is 501 g/mol. The standard InChI is InChI=1S/C30H39N5S/c1-5-33(6-2)23-15-17-25(18-16-23)34-21(3)20-26(22(34)4)29-28(27-14-10-11-19-31-27)32-30(36)35(29)24-12-8-7-9-13-24/h10-11,14-20,24,28-29H,5-9,12-13H2,1-4H3,(H,32,36)/t28-,29-/m1/s1. The predicted octanol–water partition coefficient (Wildman–Crippen LogP) is 6.64. The minimum atomic E-state index is 0.0413. The molecule has 2 atom stereocenters. The SMILES string of the molecule is CCN(CC)c1ccc(-n2c(C)cc([C@@H]3[C@@H](c4ccccn4)NC(=S)N3C3CCCCC3)c2C)cc1. The quantitative estimate of drug-likeness (QED) is 0.367. The lowest BCUT2D eigenvalue weighted by Gasteiger charge is -2.37. The number of aryl methyl sites for hydroxylation is 1. The average molecular weight is 502 g/mol. The number of thiocarbonyl (C=S) groups is 1. The molecule has 1 aliphatic heterocycles. The van der Waals surface area contributed by atoms with E-state index in [9.17, 15) is 0 Å². The number of anilines is 1. The highest BCUT2D eigenvalue weighted by Crippen LogP contribution is 2.44. The van der Waals surface area contributed by atoms with Crippen molar-refractivity contribution in [3.8, 4) is 5.69 Å². The summed E-state index contributed by atoms with van der Waals surface area (Å²) in [5, 5.41) is 4.55. The molecule has 0 spiro atoms. The zero-order valence-corrected chi connectivity index (χ0v) is 22.9. The summed E-state index contributed by atoms with van der Waals surface area (Å²) in [5.74, 6) is 0. The van der Waals surface area contributed by atoms with Gasteiger partial charge in [-0.15, -0.1) is 0 Å². The fraction of sp³-hybridized carbons (Fsp3) is 0.467. The van der Waals surface area contributed by atoms with Crippen molar-refractivity contribution in [1.82, 2.24) is 19.8 Å². The van der Waals surface area contributed by atoms with Crippen LogP contribution in [-0.4, -0.2) is 38.7 Å². The predicted molar refractivity (Wildman–Crippen MR) is 153 cm³/mol. The van der Waals surface area contributed by atoms with E-state index in [0.29, 0.717) is 6.04 Å². The van der Waals surface area contributed by atoms with Crippen LogP contribution in [0.4, 0.5) is 5.69 Å². The second kappa shape index (κ2) is 10.6. The second-order valence-electron chi connectivity index (χ2n) is 10.2. The van der Waals surface area contributed by atoms with Crippen molar-refractivity contribution in [2.45, 2.75) is 77.9 Å². The van der Waals surface area contributed by atoms with Gasteiger partial charge >= 0.3 is 0 Å². The van der Waals surface area contributed by atoms with E-state index < -0.39 is 0 Å². The first-order chi connectivity index (χ1) is 17.5. The van der Waals surface area contributed by atoms with Crippen molar-refractivity contribution in [2.75, 3.05) is 18.0 Å². The summed E-state index contributed by atoms with van der Waals surface area (Å²) in [7, 11) is 0. The van der Waals surface area contributed by atoms with Crippen molar-refractivity contribution >= 4 is 23.0 Å². The molecule has 0 amide bonds. The highest BCUT2D eigenvalue weighted by atomic mass is 32.1. The Balaban J connectivity index is 1.56. The Labute approximate surface area is 221 Å². The molecule has 0 radical (unpaired) electrons. The lowest BCUT2D eigenvalue weighted by Crippen LogP contribution is -2.40. The molecule has 2 aliphatic rings. The molecule has 190 valence electrons. The Hall–Kier alpha value is -2.86. The summed E-state index contributed by atoms with van der Waals surface area (Å²) in [6.45, 7) is 10.9. The Morgan fingerprint density at radius 2 is 1.72 bits per heavy atom. The number of nitrogens with zero attached hydrogens (tertiary/aromatic N) is 4. The summed E-state index contributed by atoms with van der Waals surface area (Å²) < 4.78 is 2.40. The number of nitrogens with one attached hydrogen (secondary N) is 1. The lowest BCUT2D eigenvalue weighted by molar-refractivity contribution is 0.197. The Morgan fingerprint density at radius 1 is 1.00 bits per heavy atom. The molecule has 1 aliphatic carbocycles. The molecule has 36 heavy (non-hydrogen) atoms. The molecule has 1 aromatic carbocycles. The van der Waals surface area contributed by atoms with Gasteiger partial charge in [-0.3, -0.25) is 4.98 Å². The van der Waals surface area contributed by atoms with Gasteiger partial charge in [0.05, 0.1) is 17.8 Å². The van der Waals surface area contributed by atoms with Gasteiger partial charge in [0.15, 0.2) is 5.11 Å². The number of hydrogen-bond acceptors (Lipinski definition) is 3. The fourth-order valence-electron chi connectivity index (χ4n) is 6.34. The van der Waals surface area contributed by atoms with E-state index in [1.165, 1.54) is 60.4 Å². The number of benzene rings is 1. The molecule has 0 unspecified atom stereocenters. The van der Waals surface area contributed by atoms with Crippen LogP contribution in [0.5, 0.6) is 0 Å². The van der Waals surface area contributed by atoms with Gasteiger partial charge in [0.2, 0.25) is 0 Å². The molecule has 5 nitrogen and oxygen atoms in total. The number of aromatic nitrogens is 2. The topological polar surface area (TPSA) is 36.3 Å². The fourth-order valence-corrected chi connectivity index (χ4v) is 6.73.